The minimum Gasteiger partial charge on any atom is -0.426 e. The van der Waals surface area contributed by atoms with Gasteiger partial charge in [-0.3, -0.25) is 9.59 Å². The summed E-state index contributed by atoms with van der Waals surface area (Å²) in [7, 11) is -1.71. The van der Waals surface area contributed by atoms with E-state index in [9.17, 15) is 29.8 Å². The molecule has 34 heavy (non-hydrogen) atoms. The molecular formula is C22H42BN5O6. The Kier molecular flexibility index (Phi) is 17.5. The van der Waals surface area contributed by atoms with E-state index in [-0.39, 0.29) is 30.6 Å². The number of nitrogens with one attached hydrogen (secondary N) is 2. The van der Waals surface area contributed by atoms with Gasteiger partial charge in [-0.15, -0.1) is 6.58 Å². The van der Waals surface area contributed by atoms with Crippen LogP contribution in [-0.4, -0.2) is 52.3 Å². The Hall–Kier alpha value is -2.47. The number of allylic oxidation sites excluding steroid dienone is 1. The van der Waals surface area contributed by atoms with Crippen molar-refractivity contribution in [3.05, 3.63) is 22.8 Å². The topological polar surface area (TPSA) is 180 Å². The van der Waals surface area contributed by atoms with Crippen LogP contribution in [0, 0.1) is 22.0 Å². The van der Waals surface area contributed by atoms with E-state index >= 15 is 0 Å². The number of aliphatic imine (C=N–C) groups is 1. The van der Waals surface area contributed by atoms with E-state index in [1.165, 1.54) is 0 Å². The summed E-state index contributed by atoms with van der Waals surface area (Å²) in [5, 5.41) is 31.4. The molecule has 0 spiro atoms. The van der Waals surface area contributed by atoms with E-state index in [4.69, 9.17) is 5.73 Å². The van der Waals surface area contributed by atoms with Gasteiger partial charge in [0.1, 0.15) is 5.78 Å². The van der Waals surface area contributed by atoms with E-state index in [2.05, 4.69) is 16.9 Å². The van der Waals surface area contributed by atoms with Gasteiger partial charge in [-0.25, -0.2) is 15.1 Å². The largest absolute Gasteiger partial charge is 0.475 e. The van der Waals surface area contributed by atoms with Crippen LogP contribution >= 0.6 is 0 Å². The average molecular weight is 483 g/mol. The number of Topliss-reactive ketones (excluding diaryl/α,β-unsaturated/α-hetero) is 1. The van der Waals surface area contributed by atoms with Crippen LogP contribution < -0.4 is 16.5 Å². The van der Waals surface area contributed by atoms with Gasteiger partial charge in [0.05, 0.1) is 5.94 Å². The first-order valence-corrected chi connectivity index (χ1v) is 12.1. The molecule has 0 radical (unpaired) electrons. The van der Waals surface area contributed by atoms with Crippen molar-refractivity contribution in [1.82, 2.24) is 10.7 Å². The monoisotopic (exact) mass is 483 g/mol. The fraction of sp³-hybridized carbons (Fsp3) is 0.773. The quantitative estimate of drug-likeness (QED) is 0.0331. The smallest absolute Gasteiger partial charge is 0.426 e. The molecule has 0 aliphatic heterocycles. The number of nitro groups is 1. The van der Waals surface area contributed by atoms with Crippen molar-refractivity contribution < 1.29 is 24.7 Å². The molecule has 0 aromatic rings. The number of nitrogens with two attached hydrogens (primary N) is 1. The molecule has 0 fully saturated rings. The number of carbonyl (C=O) groups is 2. The summed E-state index contributed by atoms with van der Waals surface area (Å²) in [5.74, 6) is -2.14. The zero-order chi connectivity index (χ0) is 25.9. The van der Waals surface area contributed by atoms with Gasteiger partial charge in [0.2, 0.25) is 5.91 Å². The number of nitrogens with zero attached hydrogens (tertiary/aromatic N) is 2. The van der Waals surface area contributed by atoms with Crippen molar-refractivity contribution >= 4 is 24.8 Å². The van der Waals surface area contributed by atoms with Gasteiger partial charge in [0, 0.05) is 25.3 Å². The van der Waals surface area contributed by atoms with Gasteiger partial charge in [-0.05, 0) is 44.4 Å². The van der Waals surface area contributed by atoms with Crippen LogP contribution in [-0.2, 0) is 9.59 Å². The highest BCUT2D eigenvalue weighted by Crippen LogP contribution is 2.17. The van der Waals surface area contributed by atoms with Crippen molar-refractivity contribution in [3.63, 3.8) is 0 Å². The summed E-state index contributed by atoms with van der Waals surface area (Å²) < 4.78 is 0. The Bertz CT molecular complexity index is 660. The van der Waals surface area contributed by atoms with Gasteiger partial charge in [0.25, 0.3) is 5.96 Å². The fourth-order valence-electron chi connectivity index (χ4n) is 3.57. The van der Waals surface area contributed by atoms with Crippen LogP contribution in [0.5, 0.6) is 0 Å². The lowest BCUT2D eigenvalue weighted by molar-refractivity contribution is -0.525. The predicted molar refractivity (Wildman–Crippen MR) is 133 cm³/mol. The van der Waals surface area contributed by atoms with Gasteiger partial charge in [-0.1, -0.05) is 44.6 Å². The van der Waals surface area contributed by atoms with E-state index < -0.39 is 29.9 Å². The molecular weight excluding hydrogens is 441 g/mol. The fourth-order valence-corrected chi connectivity index (χ4v) is 3.57. The van der Waals surface area contributed by atoms with Crippen LogP contribution in [0.1, 0.15) is 84.5 Å². The first kappa shape index (κ1) is 31.5. The summed E-state index contributed by atoms with van der Waals surface area (Å²) in [4.78, 5) is 39.6. The van der Waals surface area contributed by atoms with Crippen molar-refractivity contribution in [3.8, 4) is 0 Å². The van der Waals surface area contributed by atoms with Crippen LogP contribution in [0.3, 0.4) is 0 Å². The van der Waals surface area contributed by atoms with Crippen molar-refractivity contribution in [2.45, 2.75) is 90.4 Å². The molecule has 0 aliphatic carbocycles. The number of unbranched alkanes of at least 4 members (excludes halogenated alkanes) is 5. The second kappa shape index (κ2) is 18.9. The van der Waals surface area contributed by atoms with E-state index in [1.807, 2.05) is 19.9 Å². The highest BCUT2D eigenvalue weighted by molar-refractivity contribution is 6.43. The number of amides is 1. The molecule has 2 atom stereocenters. The molecule has 0 aromatic heterocycles. The SMILES string of the molecule is C=CCCCCCCCC(=O)C[C@@H](CCCN=C(N)N[N+](=O)[O-])C(=O)N[C@@H](CC(C)C)B(O)O. The molecule has 0 bridgehead atoms. The Labute approximate surface area is 202 Å². The lowest BCUT2D eigenvalue weighted by atomic mass is 9.74. The van der Waals surface area contributed by atoms with Gasteiger partial charge in [-0.2, -0.15) is 0 Å². The molecule has 0 saturated carbocycles. The number of hydrogen-bond donors (Lipinski definition) is 5. The number of hydrazine groups is 1. The van der Waals surface area contributed by atoms with Crippen molar-refractivity contribution in [2.24, 2.45) is 22.6 Å². The third-order valence-corrected chi connectivity index (χ3v) is 5.32. The molecule has 0 saturated heterocycles. The standard InChI is InChI=1S/C22H42BN5O6/c1-4-5-6-7-8-9-10-13-19(29)16-18(12-11-14-25-22(24)27-28(33)34)21(30)26-20(23(31)32)15-17(2)3/h4,17-18,20,31-32H,1,5-16H2,2-3H3,(H,26,30)(H3,24,25,27)/t18-,20+/m1/s1. The summed E-state index contributed by atoms with van der Waals surface area (Å²) in [5.41, 5.74) is 7.13. The second-order valence-electron chi connectivity index (χ2n) is 8.97. The maximum absolute atomic E-state index is 12.9. The molecule has 12 heteroatoms. The first-order valence-electron chi connectivity index (χ1n) is 12.1. The lowest BCUT2D eigenvalue weighted by Crippen LogP contribution is -2.49. The maximum atomic E-state index is 12.9. The summed E-state index contributed by atoms with van der Waals surface area (Å²) in [6, 6.07) is 0. The van der Waals surface area contributed by atoms with Crippen LogP contribution in [0.15, 0.2) is 17.6 Å². The molecule has 6 N–H and O–H groups in total. The minimum atomic E-state index is -1.71. The number of guanidine groups is 1. The Balaban J connectivity index is 4.87. The molecule has 0 aromatic carbocycles. The van der Waals surface area contributed by atoms with E-state index in [0.717, 1.165) is 38.5 Å². The van der Waals surface area contributed by atoms with Crippen LogP contribution in [0.2, 0.25) is 0 Å². The minimum absolute atomic E-state index is 0.0192. The lowest BCUT2D eigenvalue weighted by Gasteiger charge is -2.23. The normalized spacial score (nSPS) is 13.3. The summed E-state index contributed by atoms with van der Waals surface area (Å²) >= 11 is 0. The number of carbonyl (C=O) groups excluding carboxylic acids is 2. The molecule has 0 heterocycles. The summed E-state index contributed by atoms with van der Waals surface area (Å²) in [6.07, 6.45) is 9.35. The number of hydrogen-bond acceptors (Lipinski definition) is 7. The van der Waals surface area contributed by atoms with E-state index in [1.54, 1.807) is 5.43 Å². The third-order valence-electron chi connectivity index (χ3n) is 5.32. The van der Waals surface area contributed by atoms with Gasteiger partial charge in [0.15, 0.2) is 5.03 Å². The molecule has 0 aliphatic rings. The maximum Gasteiger partial charge on any atom is 0.475 e. The highest BCUT2D eigenvalue weighted by atomic mass is 16.7. The molecule has 194 valence electrons. The molecule has 0 unspecified atom stereocenters. The third kappa shape index (κ3) is 17.1. The zero-order valence-corrected chi connectivity index (χ0v) is 20.6. The van der Waals surface area contributed by atoms with E-state index in [0.29, 0.717) is 25.7 Å². The predicted octanol–water partition coefficient (Wildman–Crippen LogP) is 1.90. The second-order valence-corrected chi connectivity index (χ2v) is 8.97. The Morgan fingerprint density at radius 1 is 1.18 bits per heavy atom. The van der Waals surface area contributed by atoms with Crippen molar-refractivity contribution in [2.75, 3.05) is 6.54 Å². The number of ketones is 1. The Morgan fingerprint density at radius 2 is 1.82 bits per heavy atom. The molecule has 1 amide bonds. The zero-order valence-electron chi connectivity index (χ0n) is 20.6. The average Bonchev–Trinajstić information content (AvgIpc) is 2.73. The van der Waals surface area contributed by atoms with Crippen molar-refractivity contribution in [1.29, 1.82) is 0 Å². The molecule has 11 nitrogen and oxygen atoms in total. The number of rotatable bonds is 20. The molecule has 0 rings (SSSR count). The summed E-state index contributed by atoms with van der Waals surface area (Å²) in [6.45, 7) is 7.65. The van der Waals surface area contributed by atoms with Gasteiger partial charge >= 0.3 is 7.12 Å². The van der Waals surface area contributed by atoms with Gasteiger partial charge < -0.3 is 21.1 Å². The van der Waals surface area contributed by atoms with Crippen LogP contribution in [0.25, 0.3) is 0 Å². The van der Waals surface area contributed by atoms with Crippen LogP contribution in [0.4, 0.5) is 0 Å². The highest BCUT2D eigenvalue weighted by Gasteiger charge is 2.29. The first-order chi connectivity index (χ1) is 16.1. The Morgan fingerprint density at radius 3 is 2.41 bits per heavy atom.